The van der Waals surface area contributed by atoms with E-state index in [0.29, 0.717) is 25.3 Å². The first-order valence-corrected chi connectivity index (χ1v) is 5.71. The Morgan fingerprint density at radius 1 is 1.56 bits per heavy atom. The van der Waals surface area contributed by atoms with E-state index in [1.165, 1.54) is 12.3 Å². The molecule has 1 aliphatic heterocycles. The number of carbonyl (C=O) groups excluding carboxylic acids is 1. The molecule has 7 heteroatoms. The maximum Gasteiger partial charge on any atom is 0.287 e. The van der Waals surface area contributed by atoms with Crippen molar-refractivity contribution in [1.29, 1.82) is 0 Å². The molecule has 1 saturated heterocycles. The number of aromatic nitrogens is 1. The summed E-state index contributed by atoms with van der Waals surface area (Å²) >= 11 is 0. The summed E-state index contributed by atoms with van der Waals surface area (Å²) in [6.07, 6.45) is 1.64. The van der Waals surface area contributed by atoms with E-state index >= 15 is 0 Å². The van der Waals surface area contributed by atoms with Crippen molar-refractivity contribution < 1.29 is 9.72 Å². The zero-order valence-electron chi connectivity index (χ0n) is 10.00. The van der Waals surface area contributed by atoms with Crippen LogP contribution in [0, 0.1) is 10.1 Å². The number of nitrogens with zero attached hydrogens (tertiary/aromatic N) is 3. The van der Waals surface area contributed by atoms with Gasteiger partial charge in [-0.25, -0.2) is 4.98 Å². The number of nitrogens with one attached hydrogen (secondary N) is 1. The molecule has 7 nitrogen and oxygen atoms in total. The van der Waals surface area contributed by atoms with Crippen LogP contribution < -0.4 is 10.2 Å². The molecule has 1 amide bonds. The molecule has 1 atom stereocenters. The first-order chi connectivity index (χ1) is 8.58. The first kappa shape index (κ1) is 12.3. The van der Waals surface area contributed by atoms with E-state index in [4.69, 9.17) is 0 Å². The van der Waals surface area contributed by atoms with Crippen LogP contribution in [0.15, 0.2) is 18.3 Å². The molecule has 1 fully saturated rings. The third kappa shape index (κ3) is 2.55. The van der Waals surface area contributed by atoms with E-state index < -0.39 is 4.92 Å². The van der Waals surface area contributed by atoms with E-state index in [0.717, 1.165) is 0 Å². The molecule has 1 N–H and O–H groups in total. The van der Waals surface area contributed by atoms with Gasteiger partial charge >= 0.3 is 0 Å². The Bertz CT molecular complexity index is 460. The minimum absolute atomic E-state index is 0.0203. The molecule has 96 valence electrons. The summed E-state index contributed by atoms with van der Waals surface area (Å²) in [4.78, 5) is 27.5. The van der Waals surface area contributed by atoms with Crippen LogP contribution in [0.5, 0.6) is 0 Å². The summed E-state index contributed by atoms with van der Waals surface area (Å²) in [6, 6.07) is 3.07. The van der Waals surface area contributed by atoms with Gasteiger partial charge in [-0.05, 0) is 13.0 Å². The topological polar surface area (TPSA) is 88.4 Å². The number of hydrogen-bond acceptors (Lipinski definition) is 5. The average Bonchev–Trinajstić information content (AvgIpc) is 2.50. The van der Waals surface area contributed by atoms with Gasteiger partial charge in [-0.1, -0.05) is 0 Å². The molecule has 0 radical (unpaired) electrons. The van der Waals surface area contributed by atoms with Crippen LogP contribution in [0.2, 0.25) is 0 Å². The van der Waals surface area contributed by atoms with Crippen molar-refractivity contribution in [2.75, 3.05) is 18.0 Å². The van der Waals surface area contributed by atoms with Crippen molar-refractivity contribution in [3.05, 3.63) is 28.4 Å². The summed E-state index contributed by atoms with van der Waals surface area (Å²) in [5.74, 6) is 0.677. The predicted octanol–water partition coefficient (Wildman–Crippen LogP) is 0.705. The number of rotatable bonds is 2. The number of anilines is 1. The van der Waals surface area contributed by atoms with Gasteiger partial charge in [0.2, 0.25) is 5.91 Å². The van der Waals surface area contributed by atoms with Crippen LogP contribution >= 0.6 is 0 Å². The Morgan fingerprint density at radius 2 is 2.33 bits per heavy atom. The van der Waals surface area contributed by atoms with E-state index in [2.05, 4.69) is 10.3 Å². The Balaban J connectivity index is 2.19. The van der Waals surface area contributed by atoms with Crippen LogP contribution in [0.3, 0.4) is 0 Å². The summed E-state index contributed by atoms with van der Waals surface area (Å²) in [5, 5.41) is 13.3. The van der Waals surface area contributed by atoms with Crippen LogP contribution in [-0.2, 0) is 4.79 Å². The highest BCUT2D eigenvalue weighted by atomic mass is 16.6. The Morgan fingerprint density at radius 3 is 2.94 bits per heavy atom. The zero-order chi connectivity index (χ0) is 13.1. The van der Waals surface area contributed by atoms with Gasteiger partial charge in [0.1, 0.15) is 12.0 Å². The largest absolute Gasteiger partial charge is 0.354 e. The van der Waals surface area contributed by atoms with Crippen molar-refractivity contribution in [3.63, 3.8) is 0 Å². The zero-order valence-corrected chi connectivity index (χ0v) is 10.00. The lowest BCUT2D eigenvalue weighted by molar-refractivity contribution is -0.385. The van der Waals surface area contributed by atoms with Crippen LogP contribution in [0.4, 0.5) is 11.5 Å². The number of hydrogen-bond donors (Lipinski definition) is 1. The fraction of sp³-hybridized carbons (Fsp3) is 0.455. The molecular formula is C11H14N4O3. The van der Waals surface area contributed by atoms with E-state index in [9.17, 15) is 14.9 Å². The second-order valence-corrected chi connectivity index (χ2v) is 4.23. The highest BCUT2D eigenvalue weighted by Crippen LogP contribution is 2.19. The molecule has 0 aromatic carbocycles. The quantitative estimate of drug-likeness (QED) is 0.616. The van der Waals surface area contributed by atoms with Gasteiger partial charge in [0.05, 0.1) is 4.92 Å². The van der Waals surface area contributed by atoms with Crippen molar-refractivity contribution in [2.24, 2.45) is 0 Å². The minimum Gasteiger partial charge on any atom is -0.354 e. The molecule has 0 saturated carbocycles. The normalized spacial score (nSPS) is 20.2. The van der Waals surface area contributed by atoms with E-state index in [1.807, 2.05) is 11.8 Å². The molecule has 1 aromatic heterocycles. The molecule has 1 aliphatic rings. The monoisotopic (exact) mass is 250 g/mol. The maximum absolute atomic E-state index is 11.4. The molecule has 2 rings (SSSR count). The third-order valence-electron chi connectivity index (χ3n) is 2.93. The summed E-state index contributed by atoms with van der Waals surface area (Å²) in [6.45, 7) is 3.15. The summed E-state index contributed by atoms with van der Waals surface area (Å²) in [7, 11) is 0. The summed E-state index contributed by atoms with van der Waals surface area (Å²) < 4.78 is 0. The van der Waals surface area contributed by atoms with E-state index in [-0.39, 0.29) is 17.6 Å². The van der Waals surface area contributed by atoms with Crippen LogP contribution in [-0.4, -0.2) is 34.9 Å². The predicted molar refractivity (Wildman–Crippen MR) is 65.3 cm³/mol. The average molecular weight is 250 g/mol. The second kappa shape index (κ2) is 4.99. The Labute approximate surface area is 104 Å². The Hall–Kier alpha value is -2.18. The lowest BCUT2D eigenvalue weighted by atomic mass is 10.2. The fourth-order valence-electron chi connectivity index (χ4n) is 1.98. The van der Waals surface area contributed by atoms with Gasteiger partial charge in [-0.3, -0.25) is 14.9 Å². The molecule has 0 aliphatic carbocycles. The van der Waals surface area contributed by atoms with Crippen molar-refractivity contribution in [1.82, 2.24) is 10.3 Å². The van der Waals surface area contributed by atoms with Gasteiger partial charge in [-0.15, -0.1) is 0 Å². The molecule has 2 heterocycles. The lowest BCUT2D eigenvalue weighted by Gasteiger charge is -2.26. The lowest BCUT2D eigenvalue weighted by Crippen LogP contribution is -2.34. The molecule has 1 aromatic rings. The second-order valence-electron chi connectivity index (χ2n) is 4.23. The van der Waals surface area contributed by atoms with Gasteiger partial charge < -0.3 is 10.2 Å². The Kier molecular flexibility index (Phi) is 3.40. The van der Waals surface area contributed by atoms with Crippen LogP contribution in [0.25, 0.3) is 0 Å². The molecule has 0 spiro atoms. The highest BCUT2D eigenvalue weighted by Gasteiger charge is 2.22. The van der Waals surface area contributed by atoms with Gasteiger partial charge in [0, 0.05) is 31.6 Å². The highest BCUT2D eigenvalue weighted by molar-refractivity contribution is 5.77. The van der Waals surface area contributed by atoms with Crippen molar-refractivity contribution in [2.45, 2.75) is 19.4 Å². The number of carbonyl (C=O) groups is 1. The smallest absolute Gasteiger partial charge is 0.287 e. The SMILES string of the molecule is C[C@@H]1CC(=O)NCCN1c1ccc([N+](=O)[O-])cn1. The molecule has 0 bridgehead atoms. The molecule has 0 unspecified atom stereocenters. The first-order valence-electron chi connectivity index (χ1n) is 5.71. The standard InChI is InChI=1S/C11H14N4O3/c1-8-6-11(16)12-4-5-14(8)10-3-2-9(7-13-10)15(17)18/h2-3,7-8H,4-6H2,1H3,(H,12,16)/t8-/m1/s1. The number of amides is 1. The number of pyridine rings is 1. The van der Waals surface area contributed by atoms with E-state index in [1.54, 1.807) is 6.07 Å². The minimum atomic E-state index is -0.478. The molecular weight excluding hydrogens is 236 g/mol. The van der Waals surface area contributed by atoms with Crippen molar-refractivity contribution >= 4 is 17.4 Å². The maximum atomic E-state index is 11.4. The van der Waals surface area contributed by atoms with Gasteiger partial charge in [-0.2, -0.15) is 0 Å². The third-order valence-corrected chi connectivity index (χ3v) is 2.93. The van der Waals surface area contributed by atoms with Crippen LogP contribution in [0.1, 0.15) is 13.3 Å². The van der Waals surface area contributed by atoms with Crippen molar-refractivity contribution in [3.8, 4) is 0 Å². The number of nitro groups is 1. The molecule has 18 heavy (non-hydrogen) atoms. The van der Waals surface area contributed by atoms with Gasteiger partial charge in [0.15, 0.2) is 0 Å². The fourth-order valence-corrected chi connectivity index (χ4v) is 1.98. The summed E-state index contributed by atoms with van der Waals surface area (Å²) in [5.41, 5.74) is -0.0320. The van der Waals surface area contributed by atoms with Gasteiger partial charge in [0.25, 0.3) is 5.69 Å².